The van der Waals surface area contributed by atoms with Crippen LogP contribution in [0.3, 0.4) is 0 Å². The van der Waals surface area contributed by atoms with E-state index in [1.165, 1.54) is 11.1 Å². The van der Waals surface area contributed by atoms with Gasteiger partial charge < -0.3 is 15.1 Å². The van der Waals surface area contributed by atoms with E-state index in [-0.39, 0.29) is 29.9 Å². The minimum absolute atomic E-state index is 0. The Bertz CT molecular complexity index is 485. The molecule has 0 aliphatic heterocycles. The van der Waals surface area contributed by atoms with Crippen LogP contribution in [-0.4, -0.2) is 56.4 Å². The van der Waals surface area contributed by atoms with Crippen LogP contribution in [0.2, 0.25) is 0 Å². The summed E-state index contributed by atoms with van der Waals surface area (Å²) in [6.45, 7) is 3.44. The number of hydrogen-bond donors (Lipinski definition) is 1. The molecule has 6 heteroatoms. The Hall–Kier alpha value is -1.31. The number of benzene rings is 1. The Morgan fingerprint density at radius 3 is 2.27 bits per heavy atom. The van der Waals surface area contributed by atoms with Crippen LogP contribution in [0.15, 0.2) is 29.3 Å². The highest BCUT2D eigenvalue weighted by Crippen LogP contribution is 2.06. The van der Waals surface area contributed by atoms with Crippen molar-refractivity contribution in [2.75, 3.05) is 34.7 Å². The number of nitrogens with zero attached hydrogens (tertiary/aromatic N) is 3. The van der Waals surface area contributed by atoms with Crippen LogP contribution in [0.5, 0.6) is 0 Å². The first-order valence-electron chi connectivity index (χ1n) is 7.11. The van der Waals surface area contributed by atoms with E-state index in [9.17, 15) is 4.79 Å². The summed E-state index contributed by atoms with van der Waals surface area (Å²) in [5, 5.41) is 3.22. The molecule has 0 saturated heterocycles. The summed E-state index contributed by atoms with van der Waals surface area (Å²) in [5.41, 5.74) is 2.49. The monoisotopic (exact) mass is 418 g/mol. The standard InChI is InChI=1S/C16H26N4O.HI/c1-13-6-8-14(9-7-13)12-20(5)16(17-2)18-11-10-15(21)19(3)4;/h6-9H,10-12H2,1-5H3,(H,17,18);1H. The predicted molar refractivity (Wildman–Crippen MR) is 103 cm³/mol. The van der Waals surface area contributed by atoms with Crippen molar-refractivity contribution < 1.29 is 4.79 Å². The lowest BCUT2D eigenvalue weighted by atomic mass is 10.1. The molecule has 0 heterocycles. The maximum Gasteiger partial charge on any atom is 0.223 e. The van der Waals surface area contributed by atoms with E-state index >= 15 is 0 Å². The van der Waals surface area contributed by atoms with E-state index in [2.05, 4.69) is 41.5 Å². The number of aliphatic imine (C=N–C) groups is 1. The molecule has 0 saturated carbocycles. The molecule has 1 amide bonds. The quantitative estimate of drug-likeness (QED) is 0.453. The highest BCUT2D eigenvalue weighted by Gasteiger charge is 2.08. The molecular formula is C16H27IN4O. The molecule has 0 radical (unpaired) electrons. The van der Waals surface area contributed by atoms with Crippen LogP contribution >= 0.6 is 24.0 Å². The third kappa shape index (κ3) is 7.11. The second kappa shape index (κ2) is 10.4. The van der Waals surface area contributed by atoms with Crippen LogP contribution < -0.4 is 5.32 Å². The van der Waals surface area contributed by atoms with Gasteiger partial charge in [-0.15, -0.1) is 24.0 Å². The topological polar surface area (TPSA) is 47.9 Å². The van der Waals surface area contributed by atoms with Crippen molar-refractivity contribution in [2.24, 2.45) is 4.99 Å². The smallest absolute Gasteiger partial charge is 0.223 e. The second-order valence-electron chi connectivity index (χ2n) is 5.35. The van der Waals surface area contributed by atoms with Crippen LogP contribution in [0, 0.1) is 6.92 Å². The average Bonchev–Trinajstić information content (AvgIpc) is 2.45. The van der Waals surface area contributed by atoms with Crippen LogP contribution in [0.1, 0.15) is 17.5 Å². The summed E-state index contributed by atoms with van der Waals surface area (Å²) in [5.74, 6) is 0.904. The minimum Gasteiger partial charge on any atom is -0.356 e. The Morgan fingerprint density at radius 2 is 1.77 bits per heavy atom. The van der Waals surface area contributed by atoms with Gasteiger partial charge in [-0.25, -0.2) is 0 Å². The lowest BCUT2D eigenvalue weighted by molar-refractivity contribution is -0.128. The van der Waals surface area contributed by atoms with Gasteiger partial charge in [0.05, 0.1) is 0 Å². The zero-order valence-electron chi connectivity index (χ0n) is 14.1. The number of amides is 1. The molecule has 1 rings (SSSR count). The van der Waals surface area contributed by atoms with E-state index in [0.29, 0.717) is 13.0 Å². The molecule has 1 aromatic carbocycles. The summed E-state index contributed by atoms with van der Waals surface area (Å²) in [6, 6.07) is 8.45. The minimum atomic E-state index is 0. The lowest BCUT2D eigenvalue weighted by Crippen LogP contribution is -2.40. The zero-order chi connectivity index (χ0) is 15.8. The molecule has 124 valence electrons. The van der Waals surface area contributed by atoms with Gasteiger partial charge in [0, 0.05) is 47.7 Å². The molecule has 0 aliphatic rings. The Balaban J connectivity index is 0.00000441. The fourth-order valence-corrected chi connectivity index (χ4v) is 1.93. The molecule has 0 bridgehead atoms. The number of hydrogen-bond acceptors (Lipinski definition) is 2. The number of nitrogens with one attached hydrogen (secondary N) is 1. The normalized spacial score (nSPS) is 10.7. The third-order valence-corrected chi connectivity index (χ3v) is 3.23. The van der Waals surface area contributed by atoms with Gasteiger partial charge in [0.2, 0.25) is 5.91 Å². The molecule has 0 aromatic heterocycles. The maximum atomic E-state index is 11.5. The third-order valence-electron chi connectivity index (χ3n) is 3.23. The SMILES string of the molecule is CN=C(NCCC(=O)N(C)C)N(C)Cc1ccc(C)cc1.I. The van der Waals surface area contributed by atoms with Crippen molar-refractivity contribution >= 4 is 35.8 Å². The summed E-state index contributed by atoms with van der Waals surface area (Å²) in [7, 11) is 7.27. The average molecular weight is 418 g/mol. The van der Waals surface area contributed by atoms with Gasteiger partial charge in [-0.05, 0) is 12.5 Å². The van der Waals surface area contributed by atoms with Gasteiger partial charge in [-0.3, -0.25) is 9.79 Å². The molecule has 1 aromatic rings. The van der Waals surface area contributed by atoms with E-state index in [4.69, 9.17) is 0 Å². The number of rotatable bonds is 5. The van der Waals surface area contributed by atoms with Gasteiger partial charge in [0.1, 0.15) is 0 Å². The van der Waals surface area contributed by atoms with Gasteiger partial charge >= 0.3 is 0 Å². The van der Waals surface area contributed by atoms with Crippen LogP contribution in [0.4, 0.5) is 0 Å². The molecule has 0 atom stereocenters. The molecular weight excluding hydrogens is 391 g/mol. The first-order valence-corrected chi connectivity index (χ1v) is 7.11. The summed E-state index contributed by atoms with van der Waals surface area (Å²) >= 11 is 0. The molecule has 0 spiro atoms. The first-order chi connectivity index (χ1) is 9.93. The maximum absolute atomic E-state index is 11.5. The molecule has 5 nitrogen and oxygen atoms in total. The highest BCUT2D eigenvalue weighted by molar-refractivity contribution is 14.0. The van der Waals surface area contributed by atoms with Crippen molar-refractivity contribution in [1.82, 2.24) is 15.1 Å². The number of halogens is 1. The second-order valence-corrected chi connectivity index (χ2v) is 5.35. The highest BCUT2D eigenvalue weighted by atomic mass is 127. The molecule has 0 fully saturated rings. The van der Waals surface area contributed by atoms with Crippen LogP contribution in [0.25, 0.3) is 0 Å². The van der Waals surface area contributed by atoms with Gasteiger partial charge in [0.15, 0.2) is 5.96 Å². The largest absolute Gasteiger partial charge is 0.356 e. The lowest BCUT2D eigenvalue weighted by Gasteiger charge is -2.22. The van der Waals surface area contributed by atoms with Crippen molar-refractivity contribution in [3.63, 3.8) is 0 Å². The number of carbonyl (C=O) groups is 1. The van der Waals surface area contributed by atoms with Crippen LogP contribution in [-0.2, 0) is 11.3 Å². The van der Waals surface area contributed by atoms with Crippen molar-refractivity contribution in [2.45, 2.75) is 19.9 Å². The Kier molecular flexibility index (Phi) is 9.80. The summed E-state index contributed by atoms with van der Waals surface area (Å²) in [6.07, 6.45) is 0.463. The van der Waals surface area contributed by atoms with Crippen molar-refractivity contribution in [3.8, 4) is 0 Å². The number of carbonyl (C=O) groups excluding carboxylic acids is 1. The summed E-state index contributed by atoms with van der Waals surface area (Å²) < 4.78 is 0. The fourth-order valence-electron chi connectivity index (χ4n) is 1.93. The molecule has 1 N–H and O–H groups in total. The van der Waals surface area contributed by atoms with Gasteiger partial charge in [0.25, 0.3) is 0 Å². The predicted octanol–water partition coefficient (Wildman–Crippen LogP) is 2.10. The Morgan fingerprint density at radius 1 is 1.18 bits per heavy atom. The molecule has 0 unspecified atom stereocenters. The fraction of sp³-hybridized carbons (Fsp3) is 0.500. The van der Waals surface area contributed by atoms with E-state index in [1.54, 1.807) is 26.0 Å². The van der Waals surface area contributed by atoms with E-state index < -0.39 is 0 Å². The number of aryl methyl sites for hydroxylation is 1. The Labute approximate surface area is 150 Å². The first kappa shape index (κ1) is 20.7. The van der Waals surface area contributed by atoms with Gasteiger partial charge in [-0.2, -0.15) is 0 Å². The van der Waals surface area contributed by atoms with Crippen molar-refractivity contribution in [1.29, 1.82) is 0 Å². The number of guanidine groups is 1. The molecule has 0 aliphatic carbocycles. The zero-order valence-corrected chi connectivity index (χ0v) is 16.4. The summed E-state index contributed by atoms with van der Waals surface area (Å²) in [4.78, 5) is 19.4. The van der Waals surface area contributed by atoms with Crippen molar-refractivity contribution in [3.05, 3.63) is 35.4 Å². The van der Waals surface area contributed by atoms with E-state index in [1.807, 2.05) is 11.9 Å². The van der Waals surface area contributed by atoms with Gasteiger partial charge in [-0.1, -0.05) is 29.8 Å². The molecule has 22 heavy (non-hydrogen) atoms. The van der Waals surface area contributed by atoms with E-state index in [0.717, 1.165) is 12.5 Å².